The summed E-state index contributed by atoms with van der Waals surface area (Å²) in [5.41, 5.74) is -0.495. The number of alkyl halides is 3. The van der Waals surface area contributed by atoms with Crippen LogP contribution in [0.3, 0.4) is 0 Å². The SMILES string of the molecule is Fc1cc(Br)cc(Br)c1N=C(Cl)C(F)(F)F. The lowest BCUT2D eigenvalue weighted by Crippen LogP contribution is -2.16. The van der Waals surface area contributed by atoms with Crippen molar-refractivity contribution in [3.8, 4) is 0 Å². The van der Waals surface area contributed by atoms with Crippen LogP contribution in [-0.2, 0) is 0 Å². The average molecular weight is 383 g/mol. The second-order valence-corrected chi connectivity index (χ2v) is 4.75. The van der Waals surface area contributed by atoms with Crippen molar-refractivity contribution < 1.29 is 17.6 Å². The van der Waals surface area contributed by atoms with Gasteiger partial charge in [-0.3, -0.25) is 0 Å². The van der Waals surface area contributed by atoms with Crippen LogP contribution in [0.25, 0.3) is 0 Å². The van der Waals surface area contributed by atoms with Gasteiger partial charge in [-0.15, -0.1) is 0 Å². The molecule has 0 saturated carbocycles. The molecular weight excluding hydrogens is 381 g/mol. The minimum atomic E-state index is -4.79. The second kappa shape index (κ2) is 5.01. The van der Waals surface area contributed by atoms with E-state index in [1.165, 1.54) is 6.07 Å². The van der Waals surface area contributed by atoms with Gasteiger partial charge in [-0.05, 0) is 28.1 Å². The van der Waals surface area contributed by atoms with Crippen LogP contribution in [0.2, 0.25) is 0 Å². The van der Waals surface area contributed by atoms with Gasteiger partial charge in [-0.2, -0.15) is 13.2 Å². The van der Waals surface area contributed by atoms with Crippen LogP contribution in [0, 0.1) is 5.82 Å². The zero-order valence-electron chi connectivity index (χ0n) is 7.25. The summed E-state index contributed by atoms with van der Waals surface area (Å²) in [6.07, 6.45) is -4.79. The third kappa shape index (κ3) is 3.43. The van der Waals surface area contributed by atoms with Gasteiger partial charge in [0.05, 0.1) is 0 Å². The second-order valence-electron chi connectivity index (χ2n) is 2.62. The van der Waals surface area contributed by atoms with Gasteiger partial charge < -0.3 is 0 Å². The van der Waals surface area contributed by atoms with Crippen LogP contribution in [0.1, 0.15) is 0 Å². The summed E-state index contributed by atoms with van der Waals surface area (Å²) in [6, 6.07) is 2.35. The minimum Gasteiger partial charge on any atom is -0.228 e. The summed E-state index contributed by atoms with van der Waals surface area (Å²) in [7, 11) is 0. The summed E-state index contributed by atoms with van der Waals surface area (Å²) in [5.74, 6) is -0.913. The number of rotatable bonds is 1. The highest BCUT2D eigenvalue weighted by Crippen LogP contribution is 2.34. The molecule has 0 fully saturated rings. The molecule has 1 rings (SSSR count). The lowest BCUT2D eigenvalue weighted by atomic mass is 10.3. The fourth-order valence-corrected chi connectivity index (χ4v) is 2.15. The molecule has 0 spiro atoms. The molecule has 0 unspecified atom stereocenters. The van der Waals surface area contributed by atoms with Crippen LogP contribution in [0.5, 0.6) is 0 Å². The van der Waals surface area contributed by atoms with E-state index in [0.29, 0.717) is 4.47 Å². The van der Waals surface area contributed by atoms with Gasteiger partial charge in [0, 0.05) is 8.95 Å². The Balaban J connectivity index is 3.26. The van der Waals surface area contributed by atoms with Gasteiger partial charge in [-0.1, -0.05) is 27.5 Å². The first-order chi connectivity index (χ1) is 7.21. The Hall–Kier alpha value is -0.140. The summed E-state index contributed by atoms with van der Waals surface area (Å²) in [4.78, 5) is 2.98. The van der Waals surface area contributed by atoms with Crippen molar-refractivity contribution in [3.05, 3.63) is 26.9 Å². The van der Waals surface area contributed by atoms with Gasteiger partial charge >= 0.3 is 6.18 Å². The smallest absolute Gasteiger partial charge is 0.228 e. The average Bonchev–Trinajstić information content (AvgIpc) is 2.08. The van der Waals surface area contributed by atoms with Crippen LogP contribution >= 0.6 is 43.5 Å². The first kappa shape index (κ1) is 13.9. The first-order valence-corrected chi connectivity index (χ1v) is 5.64. The Morgan fingerprint density at radius 1 is 1.25 bits per heavy atom. The van der Waals surface area contributed by atoms with Gasteiger partial charge in [0.2, 0.25) is 5.17 Å². The minimum absolute atomic E-state index is 0.0711. The molecule has 8 heteroatoms. The third-order valence-corrected chi connectivity index (χ3v) is 2.79. The Bertz CT molecular complexity index is 421. The zero-order valence-corrected chi connectivity index (χ0v) is 11.2. The van der Waals surface area contributed by atoms with E-state index in [0.717, 1.165) is 6.07 Å². The Kier molecular flexibility index (Phi) is 4.36. The molecule has 0 bridgehead atoms. The summed E-state index contributed by atoms with van der Waals surface area (Å²) in [5, 5.41) is -1.63. The van der Waals surface area contributed by atoms with Crippen molar-refractivity contribution in [1.29, 1.82) is 0 Å². The number of hydrogen-bond acceptors (Lipinski definition) is 1. The summed E-state index contributed by atoms with van der Waals surface area (Å²) < 4.78 is 49.9. The van der Waals surface area contributed by atoms with Crippen LogP contribution in [-0.4, -0.2) is 11.3 Å². The third-order valence-electron chi connectivity index (χ3n) is 1.43. The van der Waals surface area contributed by atoms with E-state index < -0.39 is 22.9 Å². The lowest BCUT2D eigenvalue weighted by Gasteiger charge is -2.05. The molecule has 0 aliphatic rings. The molecule has 0 radical (unpaired) electrons. The Morgan fingerprint density at radius 3 is 2.25 bits per heavy atom. The van der Waals surface area contributed by atoms with E-state index in [1.807, 2.05) is 0 Å². The van der Waals surface area contributed by atoms with Crippen LogP contribution in [0.15, 0.2) is 26.1 Å². The number of aliphatic imine (C=N–C) groups is 1. The number of benzene rings is 1. The molecule has 0 aliphatic carbocycles. The highest BCUT2D eigenvalue weighted by atomic mass is 79.9. The molecule has 0 aromatic heterocycles. The number of halogens is 7. The predicted molar refractivity (Wildman–Crippen MR) is 60.8 cm³/mol. The molecule has 0 aliphatic heterocycles. The van der Waals surface area contributed by atoms with Crippen molar-refractivity contribution in [1.82, 2.24) is 0 Å². The van der Waals surface area contributed by atoms with E-state index in [9.17, 15) is 17.6 Å². The van der Waals surface area contributed by atoms with E-state index in [4.69, 9.17) is 11.6 Å². The van der Waals surface area contributed by atoms with Crippen molar-refractivity contribution in [2.24, 2.45) is 4.99 Å². The van der Waals surface area contributed by atoms with Gasteiger partial charge in [0.15, 0.2) is 5.82 Å². The largest absolute Gasteiger partial charge is 0.444 e. The van der Waals surface area contributed by atoms with E-state index >= 15 is 0 Å². The lowest BCUT2D eigenvalue weighted by molar-refractivity contribution is -0.0558. The fourth-order valence-electron chi connectivity index (χ4n) is 0.803. The van der Waals surface area contributed by atoms with Crippen molar-refractivity contribution >= 4 is 54.3 Å². The molecular formula is C8H2Br2ClF4N. The van der Waals surface area contributed by atoms with E-state index in [1.54, 1.807) is 0 Å². The highest BCUT2D eigenvalue weighted by Gasteiger charge is 2.34. The monoisotopic (exact) mass is 381 g/mol. The predicted octanol–water partition coefficient (Wildman–Crippen LogP) is 5.18. The number of hydrogen-bond donors (Lipinski definition) is 0. The van der Waals surface area contributed by atoms with Crippen LogP contribution in [0.4, 0.5) is 23.2 Å². The molecule has 1 aromatic rings. The van der Waals surface area contributed by atoms with Gasteiger partial charge in [0.1, 0.15) is 5.69 Å². The summed E-state index contributed by atoms with van der Waals surface area (Å²) in [6.45, 7) is 0. The fraction of sp³-hybridized carbons (Fsp3) is 0.125. The standard InChI is InChI=1S/C8H2Br2ClF4N/c9-3-1-4(10)6(5(12)2-3)16-7(11)8(13,14)15/h1-2H. The van der Waals surface area contributed by atoms with Crippen molar-refractivity contribution in [2.45, 2.75) is 6.18 Å². The maximum atomic E-state index is 13.3. The van der Waals surface area contributed by atoms with Gasteiger partial charge in [-0.25, -0.2) is 9.38 Å². The zero-order chi connectivity index (χ0) is 12.5. The maximum Gasteiger partial charge on any atom is 0.444 e. The molecule has 0 heterocycles. The van der Waals surface area contributed by atoms with Gasteiger partial charge in [0.25, 0.3) is 0 Å². The Labute approximate surface area is 110 Å². The molecule has 1 nitrogen and oxygen atoms in total. The quantitative estimate of drug-likeness (QED) is 0.468. The highest BCUT2D eigenvalue weighted by molar-refractivity contribution is 9.11. The first-order valence-electron chi connectivity index (χ1n) is 3.67. The molecule has 16 heavy (non-hydrogen) atoms. The molecule has 0 saturated heterocycles. The van der Waals surface area contributed by atoms with Crippen molar-refractivity contribution in [3.63, 3.8) is 0 Å². The maximum absolute atomic E-state index is 13.3. The molecule has 1 aromatic carbocycles. The molecule has 0 N–H and O–H groups in total. The van der Waals surface area contributed by atoms with E-state index in [-0.39, 0.29) is 4.47 Å². The van der Waals surface area contributed by atoms with Crippen molar-refractivity contribution in [2.75, 3.05) is 0 Å². The van der Waals surface area contributed by atoms with Crippen LogP contribution < -0.4 is 0 Å². The molecule has 0 amide bonds. The molecule has 88 valence electrons. The Morgan fingerprint density at radius 2 is 1.81 bits per heavy atom. The molecule has 0 atom stereocenters. The summed E-state index contributed by atoms with van der Waals surface area (Å²) >= 11 is 10.8. The normalized spacial score (nSPS) is 13.1. The topological polar surface area (TPSA) is 12.4 Å². The van der Waals surface area contributed by atoms with E-state index in [2.05, 4.69) is 36.9 Å². The number of nitrogens with zero attached hydrogens (tertiary/aromatic N) is 1.